The topological polar surface area (TPSA) is 56.1 Å². The molecule has 1 amide bonds. The SMILES string of the molecule is COCCn1c(SC(C)C(=O)Nc2ccccc2)nc2ccccc21. The lowest BCUT2D eigenvalue weighted by Gasteiger charge is -2.13. The van der Waals surface area contributed by atoms with Crippen molar-refractivity contribution in [2.24, 2.45) is 0 Å². The van der Waals surface area contributed by atoms with E-state index in [2.05, 4.69) is 14.9 Å². The Bertz CT molecular complexity index is 848. The van der Waals surface area contributed by atoms with Crippen LogP contribution in [-0.4, -0.2) is 34.4 Å². The number of aromatic nitrogens is 2. The lowest BCUT2D eigenvalue weighted by atomic mass is 10.3. The van der Waals surface area contributed by atoms with E-state index in [1.165, 1.54) is 11.8 Å². The summed E-state index contributed by atoms with van der Waals surface area (Å²) in [5, 5.41) is 3.50. The van der Waals surface area contributed by atoms with Gasteiger partial charge in [0.25, 0.3) is 0 Å². The fourth-order valence-corrected chi connectivity index (χ4v) is 3.47. The van der Waals surface area contributed by atoms with Crippen LogP contribution in [0.25, 0.3) is 11.0 Å². The molecule has 6 heteroatoms. The van der Waals surface area contributed by atoms with Crippen LogP contribution < -0.4 is 5.32 Å². The van der Waals surface area contributed by atoms with Gasteiger partial charge >= 0.3 is 0 Å². The molecule has 0 aliphatic heterocycles. The summed E-state index contributed by atoms with van der Waals surface area (Å²) in [6.45, 7) is 3.19. The standard InChI is InChI=1S/C19H21N3O2S/c1-14(18(23)20-15-8-4-3-5-9-15)25-19-21-16-10-6-7-11-17(16)22(19)12-13-24-2/h3-11,14H,12-13H2,1-2H3,(H,20,23). The maximum Gasteiger partial charge on any atom is 0.237 e. The zero-order chi connectivity index (χ0) is 17.6. The second-order valence-corrected chi connectivity index (χ2v) is 6.95. The number of para-hydroxylation sites is 3. The molecule has 1 N–H and O–H groups in total. The number of thioether (sulfide) groups is 1. The summed E-state index contributed by atoms with van der Waals surface area (Å²) >= 11 is 1.46. The highest BCUT2D eigenvalue weighted by Crippen LogP contribution is 2.27. The van der Waals surface area contributed by atoms with Crippen LogP contribution in [0.2, 0.25) is 0 Å². The van der Waals surface area contributed by atoms with Crippen molar-refractivity contribution >= 4 is 34.4 Å². The van der Waals surface area contributed by atoms with E-state index in [0.717, 1.165) is 21.9 Å². The molecular formula is C19H21N3O2S. The van der Waals surface area contributed by atoms with Crippen molar-refractivity contribution < 1.29 is 9.53 Å². The quantitative estimate of drug-likeness (QED) is 0.655. The van der Waals surface area contributed by atoms with Gasteiger partial charge in [0, 0.05) is 19.3 Å². The molecule has 1 unspecified atom stereocenters. The van der Waals surface area contributed by atoms with Gasteiger partial charge in [0.15, 0.2) is 5.16 Å². The first kappa shape index (κ1) is 17.5. The minimum Gasteiger partial charge on any atom is -0.383 e. The molecule has 130 valence electrons. The Balaban J connectivity index is 1.78. The van der Waals surface area contributed by atoms with E-state index in [4.69, 9.17) is 4.74 Å². The molecule has 1 aromatic heterocycles. The summed E-state index contributed by atoms with van der Waals surface area (Å²) in [7, 11) is 1.68. The average Bonchev–Trinajstić information content (AvgIpc) is 2.97. The van der Waals surface area contributed by atoms with Gasteiger partial charge in [-0.2, -0.15) is 0 Å². The molecule has 1 atom stereocenters. The van der Waals surface area contributed by atoms with Crippen molar-refractivity contribution in [2.45, 2.75) is 23.9 Å². The van der Waals surface area contributed by atoms with E-state index >= 15 is 0 Å². The molecule has 5 nitrogen and oxygen atoms in total. The molecule has 1 heterocycles. The van der Waals surface area contributed by atoms with E-state index in [9.17, 15) is 4.79 Å². The van der Waals surface area contributed by atoms with Gasteiger partial charge in [-0.3, -0.25) is 4.79 Å². The fraction of sp³-hybridized carbons (Fsp3) is 0.263. The van der Waals surface area contributed by atoms with Gasteiger partial charge in [-0.05, 0) is 31.2 Å². The Morgan fingerprint density at radius 3 is 2.68 bits per heavy atom. The summed E-state index contributed by atoms with van der Waals surface area (Å²) in [6.07, 6.45) is 0. The Kier molecular flexibility index (Phi) is 5.73. The number of nitrogens with zero attached hydrogens (tertiary/aromatic N) is 2. The molecule has 0 spiro atoms. The number of hydrogen-bond donors (Lipinski definition) is 1. The number of carbonyl (C=O) groups is 1. The van der Waals surface area contributed by atoms with Crippen molar-refractivity contribution in [3.05, 3.63) is 54.6 Å². The van der Waals surface area contributed by atoms with E-state index < -0.39 is 0 Å². The number of amides is 1. The number of benzene rings is 2. The number of hydrogen-bond acceptors (Lipinski definition) is 4. The molecule has 2 aromatic carbocycles. The Morgan fingerprint density at radius 2 is 1.92 bits per heavy atom. The first-order chi connectivity index (χ1) is 12.2. The highest BCUT2D eigenvalue weighted by molar-refractivity contribution is 8.00. The van der Waals surface area contributed by atoms with Gasteiger partial charge in [0.1, 0.15) is 0 Å². The molecule has 0 bridgehead atoms. The third-order valence-electron chi connectivity index (χ3n) is 3.83. The minimum atomic E-state index is -0.265. The summed E-state index contributed by atoms with van der Waals surface area (Å²) in [6, 6.07) is 17.5. The van der Waals surface area contributed by atoms with Crippen LogP contribution in [0.5, 0.6) is 0 Å². The summed E-state index contributed by atoms with van der Waals surface area (Å²) in [5.74, 6) is -0.0402. The van der Waals surface area contributed by atoms with Crippen LogP contribution >= 0.6 is 11.8 Å². The first-order valence-electron chi connectivity index (χ1n) is 8.16. The van der Waals surface area contributed by atoms with Crippen LogP contribution in [0.3, 0.4) is 0 Å². The molecule has 3 rings (SSSR count). The van der Waals surface area contributed by atoms with Gasteiger partial charge in [-0.15, -0.1) is 0 Å². The van der Waals surface area contributed by atoms with Gasteiger partial charge in [0.05, 0.1) is 22.9 Å². The molecular weight excluding hydrogens is 334 g/mol. The number of ether oxygens (including phenoxy) is 1. The average molecular weight is 355 g/mol. The van der Waals surface area contributed by atoms with Crippen LogP contribution in [0, 0.1) is 0 Å². The normalized spacial score (nSPS) is 12.2. The number of imidazole rings is 1. The molecule has 0 saturated carbocycles. The number of rotatable bonds is 7. The molecule has 0 fully saturated rings. The summed E-state index contributed by atoms with van der Waals surface area (Å²) < 4.78 is 7.32. The zero-order valence-corrected chi connectivity index (χ0v) is 15.1. The van der Waals surface area contributed by atoms with Crippen molar-refractivity contribution in [1.29, 1.82) is 0 Å². The van der Waals surface area contributed by atoms with Gasteiger partial charge in [-0.1, -0.05) is 42.1 Å². The number of carbonyl (C=O) groups excluding carboxylic acids is 1. The monoisotopic (exact) mass is 355 g/mol. The number of fused-ring (bicyclic) bond motifs is 1. The van der Waals surface area contributed by atoms with E-state index in [0.29, 0.717) is 13.2 Å². The largest absolute Gasteiger partial charge is 0.383 e. The Morgan fingerprint density at radius 1 is 1.20 bits per heavy atom. The van der Waals surface area contributed by atoms with Crippen molar-refractivity contribution in [3.8, 4) is 0 Å². The highest BCUT2D eigenvalue weighted by Gasteiger charge is 2.19. The van der Waals surface area contributed by atoms with Crippen LogP contribution in [-0.2, 0) is 16.1 Å². The predicted octanol–water partition coefficient (Wildman–Crippen LogP) is 3.80. The lowest BCUT2D eigenvalue weighted by molar-refractivity contribution is -0.115. The van der Waals surface area contributed by atoms with Gasteiger partial charge < -0.3 is 14.6 Å². The second-order valence-electron chi connectivity index (χ2n) is 5.64. The van der Waals surface area contributed by atoms with E-state index in [1.54, 1.807) is 7.11 Å². The summed E-state index contributed by atoms with van der Waals surface area (Å²) in [4.78, 5) is 17.1. The maximum atomic E-state index is 12.5. The number of nitrogens with one attached hydrogen (secondary N) is 1. The number of anilines is 1. The molecule has 0 aliphatic carbocycles. The van der Waals surface area contributed by atoms with E-state index in [1.807, 2.05) is 61.5 Å². The van der Waals surface area contributed by atoms with Crippen LogP contribution in [0.1, 0.15) is 6.92 Å². The van der Waals surface area contributed by atoms with Gasteiger partial charge in [-0.25, -0.2) is 4.98 Å². The molecule has 0 aliphatic rings. The van der Waals surface area contributed by atoms with Crippen LogP contribution in [0.15, 0.2) is 59.8 Å². The van der Waals surface area contributed by atoms with Crippen LogP contribution in [0.4, 0.5) is 5.69 Å². The predicted molar refractivity (Wildman–Crippen MR) is 102 cm³/mol. The second kappa shape index (κ2) is 8.18. The highest BCUT2D eigenvalue weighted by atomic mass is 32.2. The van der Waals surface area contributed by atoms with Crippen molar-refractivity contribution in [3.63, 3.8) is 0 Å². The molecule has 0 saturated heterocycles. The third-order valence-corrected chi connectivity index (χ3v) is 4.92. The van der Waals surface area contributed by atoms with Gasteiger partial charge in [0.2, 0.25) is 5.91 Å². The first-order valence-corrected chi connectivity index (χ1v) is 9.04. The summed E-state index contributed by atoms with van der Waals surface area (Å²) in [5.41, 5.74) is 2.78. The van der Waals surface area contributed by atoms with Crippen molar-refractivity contribution in [1.82, 2.24) is 9.55 Å². The molecule has 3 aromatic rings. The molecule has 25 heavy (non-hydrogen) atoms. The van der Waals surface area contributed by atoms with Crippen molar-refractivity contribution in [2.75, 3.05) is 19.0 Å². The third kappa shape index (κ3) is 4.21. The van der Waals surface area contributed by atoms with E-state index in [-0.39, 0.29) is 11.2 Å². The fourth-order valence-electron chi connectivity index (χ4n) is 2.52. The smallest absolute Gasteiger partial charge is 0.237 e. The molecule has 0 radical (unpaired) electrons. The Labute approximate surface area is 151 Å². The number of methoxy groups -OCH3 is 1. The Hall–Kier alpha value is -2.31. The minimum absolute atomic E-state index is 0.0402. The maximum absolute atomic E-state index is 12.5. The zero-order valence-electron chi connectivity index (χ0n) is 14.3. The lowest BCUT2D eigenvalue weighted by Crippen LogP contribution is -2.23.